The van der Waals surface area contributed by atoms with E-state index < -0.39 is 16.2 Å². The van der Waals surface area contributed by atoms with Gasteiger partial charge in [-0.2, -0.15) is 13.7 Å². The number of fused-ring (bicyclic) bond motifs is 3. The summed E-state index contributed by atoms with van der Waals surface area (Å²) in [5, 5.41) is 10.1. The smallest absolute Gasteiger partial charge is 0.297 e. The summed E-state index contributed by atoms with van der Waals surface area (Å²) >= 11 is 0. The lowest BCUT2D eigenvalue weighted by Gasteiger charge is -2.22. The maximum atomic E-state index is 12.6. The van der Waals surface area contributed by atoms with Crippen LogP contribution in [-0.2, 0) is 27.1 Å². The highest BCUT2D eigenvalue weighted by atomic mass is 32.2. The number of rotatable bonds is 3. The van der Waals surface area contributed by atoms with Gasteiger partial charge < -0.3 is 4.98 Å². The highest BCUT2D eigenvalue weighted by molar-refractivity contribution is 7.86. The van der Waals surface area contributed by atoms with Gasteiger partial charge in [0.25, 0.3) is 10.1 Å². The maximum absolute atomic E-state index is 12.6. The van der Waals surface area contributed by atoms with Crippen LogP contribution in [0.15, 0.2) is 47.4 Å². The third-order valence-electron chi connectivity index (χ3n) is 4.84. The Morgan fingerprint density at radius 1 is 1.19 bits per heavy atom. The molecule has 4 rings (SSSR count). The molecule has 0 amide bonds. The van der Waals surface area contributed by atoms with Crippen LogP contribution in [0.1, 0.15) is 28.8 Å². The van der Waals surface area contributed by atoms with Gasteiger partial charge in [0.2, 0.25) is 0 Å². The van der Waals surface area contributed by atoms with Crippen LogP contribution < -0.4 is 0 Å². The van der Waals surface area contributed by atoms with Crippen molar-refractivity contribution in [2.24, 2.45) is 0 Å². The van der Waals surface area contributed by atoms with Crippen molar-refractivity contribution in [1.82, 2.24) is 4.98 Å². The quantitative estimate of drug-likeness (QED) is 0.718. The van der Waals surface area contributed by atoms with Crippen molar-refractivity contribution in [2.45, 2.75) is 37.2 Å². The summed E-state index contributed by atoms with van der Waals surface area (Å²) in [4.78, 5) is 3.55. The number of nitriles is 1. The molecule has 26 heavy (non-hydrogen) atoms. The van der Waals surface area contributed by atoms with Gasteiger partial charge in [0.05, 0.1) is 22.6 Å². The van der Waals surface area contributed by atoms with E-state index in [1.165, 1.54) is 0 Å². The number of hydrogen-bond acceptors (Lipinski definition) is 4. The van der Waals surface area contributed by atoms with Crippen LogP contribution in [0.3, 0.4) is 0 Å². The predicted octanol–water partition coefficient (Wildman–Crippen LogP) is 3.61. The van der Waals surface area contributed by atoms with Gasteiger partial charge in [0.15, 0.2) is 0 Å². The first-order valence-corrected chi connectivity index (χ1v) is 9.90. The van der Waals surface area contributed by atoms with Gasteiger partial charge in [0.1, 0.15) is 0 Å². The number of aromatic amines is 1. The Hall–Kier alpha value is -2.62. The zero-order chi connectivity index (χ0) is 18.3. The molecule has 3 aromatic rings. The molecule has 0 spiro atoms. The Morgan fingerprint density at radius 2 is 1.96 bits per heavy atom. The number of benzene rings is 2. The molecule has 6 heteroatoms. The number of H-pyrrole nitrogens is 1. The van der Waals surface area contributed by atoms with Crippen molar-refractivity contribution in [3.63, 3.8) is 0 Å². The number of nitrogens with zero attached hydrogens (tertiary/aromatic N) is 1. The van der Waals surface area contributed by atoms with E-state index in [1.54, 1.807) is 30.3 Å². The average Bonchev–Trinajstić information content (AvgIpc) is 2.99. The van der Waals surface area contributed by atoms with Crippen LogP contribution >= 0.6 is 0 Å². The fourth-order valence-electron chi connectivity index (χ4n) is 3.48. The lowest BCUT2D eigenvalue weighted by atomic mass is 9.93. The van der Waals surface area contributed by atoms with Crippen molar-refractivity contribution in [2.75, 3.05) is 0 Å². The molecular weight excluding hydrogens is 348 g/mol. The molecule has 0 saturated heterocycles. The minimum Gasteiger partial charge on any atom is -0.358 e. The predicted molar refractivity (Wildman–Crippen MR) is 98.3 cm³/mol. The summed E-state index contributed by atoms with van der Waals surface area (Å²) in [6.45, 7) is 1.91. The monoisotopic (exact) mass is 366 g/mol. The topological polar surface area (TPSA) is 83.0 Å². The molecule has 0 radical (unpaired) electrons. The van der Waals surface area contributed by atoms with Gasteiger partial charge in [-0.3, -0.25) is 4.18 Å². The van der Waals surface area contributed by atoms with Gasteiger partial charge in [-0.05, 0) is 55.7 Å². The Kier molecular flexibility index (Phi) is 4.06. The zero-order valence-electron chi connectivity index (χ0n) is 14.3. The van der Waals surface area contributed by atoms with Gasteiger partial charge in [0, 0.05) is 23.0 Å². The van der Waals surface area contributed by atoms with E-state index in [-0.39, 0.29) is 4.90 Å². The molecule has 1 atom stereocenters. The number of nitrogens with one attached hydrogen (secondary N) is 1. The Morgan fingerprint density at radius 3 is 2.69 bits per heavy atom. The summed E-state index contributed by atoms with van der Waals surface area (Å²) in [6.07, 6.45) is 1.46. The van der Waals surface area contributed by atoms with Gasteiger partial charge in [-0.15, -0.1) is 0 Å². The molecule has 1 N–H and O–H groups in total. The van der Waals surface area contributed by atoms with Crippen molar-refractivity contribution in [1.29, 1.82) is 5.26 Å². The molecule has 0 saturated carbocycles. The summed E-state index contributed by atoms with van der Waals surface area (Å²) in [7, 11) is -3.79. The second-order valence-corrected chi connectivity index (χ2v) is 8.25. The molecule has 1 aromatic heterocycles. The Labute approximate surface area is 152 Å². The molecule has 2 aromatic carbocycles. The summed E-state index contributed by atoms with van der Waals surface area (Å²) in [6, 6.07) is 14.3. The second-order valence-electron chi connectivity index (χ2n) is 6.68. The number of aryl methyl sites for hydroxylation is 2. The number of aromatic nitrogens is 1. The van der Waals surface area contributed by atoms with Crippen molar-refractivity contribution >= 4 is 21.0 Å². The molecule has 1 unspecified atom stereocenters. The lowest BCUT2D eigenvalue weighted by molar-refractivity contribution is 0.192. The molecule has 132 valence electrons. The lowest BCUT2D eigenvalue weighted by Crippen LogP contribution is -2.25. The van der Waals surface area contributed by atoms with Crippen LogP contribution in [0.25, 0.3) is 10.9 Å². The molecular formula is C20H18N2O3S. The fourth-order valence-corrected chi connectivity index (χ4v) is 4.58. The minimum atomic E-state index is -3.79. The third kappa shape index (κ3) is 3.00. The first-order valence-electron chi connectivity index (χ1n) is 8.50. The first kappa shape index (κ1) is 16.8. The van der Waals surface area contributed by atoms with E-state index in [0.29, 0.717) is 18.4 Å². The normalized spacial score (nSPS) is 17.0. The van der Waals surface area contributed by atoms with Crippen molar-refractivity contribution in [3.8, 4) is 6.07 Å². The molecule has 0 bridgehead atoms. The van der Waals surface area contributed by atoms with E-state index in [2.05, 4.69) is 11.1 Å². The average molecular weight is 366 g/mol. The Bertz CT molecular complexity index is 1120. The SMILES string of the molecule is Cc1ccc(S(=O)(=O)OC2CCc3[nH]c4ccc(C#N)cc4c3C2)cc1. The van der Waals surface area contributed by atoms with E-state index in [4.69, 9.17) is 9.44 Å². The Balaban J connectivity index is 1.62. The summed E-state index contributed by atoms with van der Waals surface area (Å²) in [5.74, 6) is 0. The van der Waals surface area contributed by atoms with Gasteiger partial charge >= 0.3 is 0 Å². The molecule has 0 fully saturated rings. The number of hydrogen-bond donors (Lipinski definition) is 1. The first-order chi connectivity index (χ1) is 12.5. The zero-order valence-corrected chi connectivity index (χ0v) is 15.1. The van der Waals surface area contributed by atoms with Crippen LogP contribution in [0.2, 0.25) is 0 Å². The second kappa shape index (κ2) is 6.27. The van der Waals surface area contributed by atoms with Crippen molar-refractivity contribution < 1.29 is 12.6 Å². The van der Waals surface area contributed by atoms with Gasteiger partial charge in [-0.25, -0.2) is 0 Å². The van der Waals surface area contributed by atoms with Crippen LogP contribution in [0, 0.1) is 18.3 Å². The summed E-state index contributed by atoms with van der Waals surface area (Å²) in [5.41, 5.74) is 4.71. The van der Waals surface area contributed by atoms with Crippen LogP contribution in [0.5, 0.6) is 0 Å². The largest absolute Gasteiger partial charge is 0.358 e. The van der Waals surface area contributed by atoms with E-state index >= 15 is 0 Å². The molecule has 1 aliphatic carbocycles. The van der Waals surface area contributed by atoms with E-state index in [1.807, 2.05) is 19.1 Å². The molecule has 5 nitrogen and oxygen atoms in total. The van der Waals surface area contributed by atoms with E-state index in [9.17, 15) is 8.42 Å². The van der Waals surface area contributed by atoms with E-state index in [0.717, 1.165) is 34.1 Å². The molecule has 0 aliphatic heterocycles. The van der Waals surface area contributed by atoms with Crippen molar-refractivity contribution in [3.05, 3.63) is 64.8 Å². The van der Waals surface area contributed by atoms with Crippen LogP contribution in [-0.4, -0.2) is 19.5 Å². The highest BCUT2D eigenvalue weighted by Gasteiger charge is 2.28. The third-order valence-corrected chi connectivity index (χ3v) is 6.22. The molecule has 1 aliphatic rings. The van der Waals surface area contributed by atoms with Crippen LogP contribution in [0.4, 0.5) is 0 Å². The maximum Gasteiger partial charge on any atom is 0.297 e. The summed E-state index contributed by atoms with van der Waals surface area (Å²) < 4.78 is 30.6. The molecule has 1 heterocycles. The standard InChI is InChI=1S/C20H18N2O3S/c1-13-2-6-16(7-3-13)26(23,24)25-15-5-9-20-18(11-15)17-10-14(12-21)4-8-19(17)22-20/h2-4,6-8,10,15,22H,5,9,11H2,1H3. The fraction of sp³-hybridized carbons (Fsp3) is 0.250. The highest BCUT2D eigenvalue weighted by Crippen LogP contribution is 2.32. The minimum absolute atomic E-state index is 0.180. The van der Waals surface area contributed by atoms with Gasteiger partial charge in [-0.1, -0.05) is 17.7 Å².